The summed E-state index contributed by atoms with van der Waals surface area (Å²) in [6, 6.07) is 0. The van der Waals surface area contributed by atoms with Crippen molar-refractivity contribution in [3.05, 3.63) is 11.6 Å². The van der Waals surface area contributed by atoms with Gasteiger partial charge in [-0.1, -0.05) is 19.4 Å². The number of esters is 1. The van der Waals surface area contributed by atoms with E-state index in [1.165, 1.54) is 6.92 Å². The number of ketones is 2. The highest BCUT2D eigenvalue weighted by Gasteiger charge is 2.62. The summed E-state index contributed by atoms with van der Waals surface area (Å²) in [5.41, 5.74) is 1.00. The van der Waals surface area contributed by atoms with Crippen LogP contribution in [0.4, 0.5) is 0 Å². The molecule has 0 aliphatic heterocycles. The van der Waals surface area contributed by atoms with Gasteiger partial charge in [-0.05, 0) is 73.2 Å². The first-order chi connectivity index (χ1) is 13.2. The lowest BCUT2D eigenvalue weighted by molar-refractivity contribution is -0.150. The van der Waals surface area contributed by atoms with Gasteiger partial charge in [0.15, 0.2) is 11.6 Å². The predicted molar refractivity (Wildman–Crippen MR) is 103 cm³/mol. The normalized spacial score (nSPS) is 44.8. The van der Waals surface area contributed by atoms with E-state index in [9.17, 15) is 19.5 Å². The van der Waals surface area contributed by atoms with Crippen molar-refractivity contribution in [3.8, 4) is 0 Å². The largest absolute Gasteiger partial charge is 0.458 e. The van der Waals surface area contributed by atoms with Gasteiger partial charge in [0.05, 0.1) is 6.10 Å². The SMILES string of the molecule is CC(=O)OCC(=O)[C@H]1CC[C@H]2[C@@H]3[C@H](O)CC4=CC(=O)CC[C@]4(C)[C@H]3CC[C@]12C. The minimum Gasteiger partial charge on any atom is -0.458 e. The van der Waals surface area contributed by atoms with E-state index in [4.69, 9.17) is 4.74 Å². The van der Waals surface area contributed by atoms with Crippen LogP contribution in [0, 0.1) is 34.5 Å². The summed E-state index contributed by atoms with van der Waals surface area (Å²) >= 11 is 0. The van der Waals surface area contributed by atoms with Gasteiger partial charge >= 0.3 is 5.97 Å². The molecular weight excluding hydrogens is 356 g/mol. The molecule has 0 amide bonds. The Bertz CT molecular complexity index is 739. The Kier molecular flexibility index (Phi) is 4.80. The Balaban J connectivity index is 1.60. The van der Waals surface area contributed by atoms with Crippen LogP contribution in [-0.2, 0) is 19.1 Å². The number of hydrogen-bond acceptors (Lipinski definition) is 5. The molecule has 0 aromatic carbocycles. The molecule has 0 bridgehead atoms. The van der Waals surface area contributed by atoms with Gasteiger partial charge in [0.2, 0.25) is 0 Å². The number of fused-ring (bicyclic) bond motifs is 5. The van der Waals surface area contributed by atoms with Crippen LogP contribution in [0.3, 0.4) is 0 Å². The van der Waals surface area contributed by atoms with Gasteiger partial charge in [0.1, 0.15) is 6.61 Å². The lowest BCUT2D eigenvalue weighted by Gasteiger charge is -2.59. The molecule has 154 valence electrons. The first-order valence-corrected chi connectivity index (χ1v) is 10.7. The second kappa shape index (κ2) is 6.79. The molecule has 0 aromatic rings. The summed E-state index contributed by atoms with van der Waals surface area (Å²) in [4.78, 5) is 35.9. The van der Waals surface area contributed by atoms with E-state index >= 15 is 0 Å². The molecule has 28 heavy (non-hydrogen) atoms. The third kappa shape index (κ3) is 2.89. The summed E-state index contributed by atoms with van der Waals surface area (Å²) in [5.74, 6) is 0.566. The van der Waals surface area contributed by atoms with Gasteiger partial charge in [0, 0.05) is 19.3 Å². The van der Waals surface area contributed by atoms with Crippen LogP contribution in [0.25, 0.3) is 0 Å². The monoisotopic (exact) mass is 388 g/mol. The van der Waals surface area contributed by atoms with Crippen molar-refractivity contribution in [1.29, 1.82) is 0 Å². The van der Waals surface area contributed by atoms with Crippen LogP contribution in [0.5, 0.6) is 0 Å². The number of Topliss-reactive ketones (excluding diaryl/α,β-unsaturated/α-hetero) is 1. The fourth-order valence-electron chi connectivity index (χ4n) is 7.33. The van der Waals surface area contributed by atoms with E-state index in [1.54, 1.807) is 6.08 Å². The smallest absolute Gasteiger partial charge is 0.303 e. The van der Waals surface area contributed by atoms with Crippen molar-refractivity contribution >= 4 is 17.5 Å². The number of aliphatic hydroxyl groups excluding tert-OH is 1. The second-order valence-electron chi connectivity index (χ2n) is 10.0. The third-order valence-electron chi connectivity index (χ3n) is 8.79. The fraction of sp³-hybridized carbons (Fsp3) is 0.783. The maximum Gasteiger partial charge on any atom is 0.303 e. The van der Waals surface area contributed by atoms with E-state index in [0.29, 0.717) is 24.7 Å². The molecule has 0 spiro atoms. The molecular formula is C23H32O5. The number of ether oxygens (including phenoxy) is 1. The standard InChI is InChI=1S/C23H32O5/c1-13(24)28-12-20(27)16-4-5-17-21-18(7-9-23(16,17)3)22(2)8-6-15(25)10-14(22)11-19(21)26/h10,16-19,21,26H,4-9,11-12H2,1-3H3/t16-,17+,18+,19-,21+,22+,23-/m1/s1. The molecule has 5 heteroatoms. The Morgan fingerprint density at radius 1 is 1.18 bits per heavy atom. The Labute approximate surface area is 166 Å². The molecule has 3 fully saturated rings. The van der Waals surface area contributed by atoms with E-state index < -0.39 is 12.1 Å². The summed E-state index contributed by atoms with van der Waals surface area (Å²) in [6.07, 6.45) is 7.12. The second-order valence-corrected chi connectivity index (χ2v) is 10.0. The molecule has 0 radical (unpaired) electrons. The van der Waals surface area contributed by atoms with Gasteiger partial charge in [-0.15, -0.1) is 0 Å². The molecule has 0 saturated heterocycles. The van der Waals surface area contributed by atoms with Crippen LogP contribution in [0.15, 0.2) is 11.6 Å². The summed E-state index contributed by atoms with van der Waals surface area (Å²) in [6.45, 7) is 5.69. The van der Waals surface area contributed by atoms with Gasteiger partial charge < -0.3 is 9.84 Å². The quantitative estimate of drug-likeness (QED) is 0.751. The molecule has 5 nitrogen and oxygen atoms in total. The van der Waals surface area contributed by atoms with E-state index in [1.807, 2.05) is 0 Å². The highest BCUT2D eigenvalue weighted by molar-refractivity contribution is 5.91. The summed E-state index contributed by atoms with van der Waals surface area (Å²) in [5, 5.41) is 11.1. The van der Waals surface area contributed by atoms with Crippen LogP contribution >= 0.6 is 0 Å². The molecule has 1 N–H and O–H groups in total. The first-order valence-electron chi connectivity index (χ1n) is 10.7. The molecule has 4 rings (SSSR count). The van der Waals surface area contributed by atoms with Crippen LogP contribution in [-0.4, -0.2) is 35.4 Å². The summed E-state index contributed by atoms with van der Waals surface area (Å²) in [7, 11) is 0. The van der Waals surface area contributed by atoms with Gasteiger partial charge in [-0.25, -0.2) is 0 Å². The van der Waals surface area contributed by atoms with Crippen molar-refractivity contribution in [1.82, 2.24) is 0 Å². The number of hydrogen-bond donors (Lipinski definition) is 1. The number of carbonyl (C=O) groups excluding carboxylic acids is 3. The minimum atomic E-state index is -0.442. The molecule has 0 heterocycles. The van der Waals surface area contributed by atoms with Crippen molar-refractivity contribution in [2.45, 2.75) is 71.8 Å². The average Bonchev–Trinajstić information content (AvgIpc) is 2.98. The van der Waals surface area contributed by atoms with Crippen LogP contribution < -0.4 is 0 Å². The zero-order chi connectivity index (χ0) is 20.3. The van der Waals surface area contributed by atoms with Gasteiger partial charge in [-0.2, -0.15) is 0 Å². The predicted octanol–water partition coefficient (Wildman–Crippen LogP) is 3.24. The van der Waals surface area contributed by atoms with Crippen molar-refractivity contribution < 1.29 is 24.2 Å². The highest BCUT2D eigenvalue weighted by Crippen LogP contribution is 2.66. The number of carbonyl (C=O) groups is 3. The van der Waals surface area contributed by atoms with Gasteiger partial charge in [-0.3, -0.25) is 14.4 Å². The summed E-state index contributed by atoms with van der Waals surface area (Å²) < 4.78 is 4.99. The topological polar surface area (TPSA) is 80.7 Å². The molecule has 3 saturated carbocycles. The molecule has 4 aliphatic rings. The third-order valence-corrected chi connectivity index (χ3v) is 8.79. The van der Waals surface area contributed by atoms with Crippen LogP contribution in [0.2, 0.25) is 0 Å². The van der Waals surface area contributed by atoms with E-state index in [2.05, 4.69) is 13.8 Å². The minimum absolute atomic E-state index is 0.00102. The highest BCUT2D eigenvalue weighted by atomic mass is 16.5. The molecule has 0 aromatic heterocycles. The molecule has 4 aliphatic carbocycles. The zero-order valence-electron chi connectivity index (χ0n) is 17.2. The van der Waals surface area contributed by atoms with Crippen molar-refractivity contribution in [2.24, 2.45) is 34.5 Å². The molecule has 0 unspecified atom stereocenters. The fourth-order valence-corrected chi connectivity index (χ4v) is 7.33. The Hall–Kier alpha value is -1.49. The van der Waals surface area contributed by atoms with E-state index in [0.717, 1.165) is 37.7 Å². The van der Waals surface area contributed by atoms with Gasteiger partial charge in [0.25, 0.3) is 0 Å². The van der Waals surface area contributed by atoms with E-state index in [-0.39, 0.29) is 40.8 Å². The van der Waals surface area contributed by atoms with Crippen molar-refractivity contribution in [3.63, 3.8) is 0 Å². The number of rotatable bonds is 3. The maximum atomic E-state index is 12.8. The lowest BCUT2D eigenvalue weighted by Crippen LogP contribution is -2.55. The first kappa shape index (κ1) is 19.8. The maximum absolute atomic E-state index is 12.8. The zero-order valence-corrected chi connectivity index (χ0v) is 17.2. The van der Waals surface area contributed by atoms with Crippen molar-refractivity contribution in [2.75, 3.05) is 6.61 Å². The lowest BCUT2D eigenvalue weighted by atomic mass is 9.46. The van der Waals surface area contributed by atoms with Crippen LogP contribution in [0.1, 0.15) is 65.7 Å². The Morgan fingerprint density at radius 2 is 1.93 bits per heavy atom. The average molecular weight is 389 g/mol. The number of aliphatic hydroxyl groups is 1. The molecule has 7 atom stereocenters. The Morgan fingerprint density at radius 3 is 2.64 bits per heavy atom.